The average Bonchev–Trinajstić information content (AvgIpc) is 2.90. The lowest BCUT2D eigenvalue weighted by Gasteiger charge is -2.32. The number of anilines is 1. The summed E-state index contributed by atoms with van der Waals surface area (Å²) in [5.41, 5.74) is 1.07. The van der Waals surface area contributed by atoms with Crippen LogP contribution in [0.25, 0.3) is 0 Å². The van der Waals surface area contributed by atoms with Crippen LogP contribution in [0.3, 0.4) is 0 Å². The molecule has 0 fully saturated rings. The van der Waals surface area contributed by atoms with Gasteiger partial charge in [0.05, 0.1) is 19.1 Å². The molecule has 10 heteroatoms. The summed E-state index contributed by atoms with van der Waals surface area (Å²) in [6.45, 7) is 4.91. The average molecular weight is 554 g/mol. The highest BCUT2D eigenvalue weighted by molar-refractivity contribution is 7.92. The Kier molecular flexibility index (Phi) is 9.95. The fourth-order valence-electron chi connectivity index (χ4n) is 3.83. The Morgan fingerprint density at radius 1 is 0.846 bits per heavy atom. The van der Waals surface area contributed by atoms with Crippen molar-refractivity contribution in [1.82, 2.24) is 10.2 Å². The van der Waals surface area contributed by atoms with Crippen molar-refractivity contribution < 1.29 is 27.5 Å². The van der Waals surface area contributed by atoms with E-state index in [0.717, 1.165) is 16.1 Å². The van der Waals surface area contributed by atoms with Gasteiger partial charge in [0, 0.05) is 12.6 Å². The molecule has 39 heavy (non-hydrogen) atoms. The summed E-state index contributed by atoms with van der Waals surface area (Å²) in [5, 5.41) is 2.82. The molecule has 3 aromatic carbocycles. The maximum atomic E-state index is 13.6. The highest BCUT2D eigenvalue weighted by atomic mass is 32.2. The minimum absolute atomic E-state index is 0.108. The van der Waals surface area contributed by atoms with Crippen LogP contribution in [-0.4, -0.2) is 57.1 Å². The third kappa shape index (κ3) is 8.47. The quantitative estimate of drug-likeness (QED) is 0.361. The number of nitrogens with one attached hydrogen (secondary N) is 1. The third-order valence-electron chi connectivity index (χ3n) is 5.89. The molecule has 0 aliphatic heterocycles. The number of carbonyl (C=O) groups excluding carboxylic acids is 2. The summed E-state index contributed by atoms with van der Waals surface area (Å²) in [7, 11) is -2.28. The van der Waals surface area contributed by atoms with Crippen LogP contribution in [0, 0.1) is 0 Å². The van der Waals surface area contributed by atoms with Gasteiger partial charge in [-0.25, -0.2) is 8.42 Å². The van der Waals surface area contributed by atoms with E-state index in [0.29, 0.717) is 22.9 Å². The fourth-order valence-corrected chi connectivity index (χ4v) is 4.68. The van der Waals surface area contributed by atoms with Gasteiger partial charge >= 0.3 is 0 Å². The van der Waals surface area contributed by atoms with E-state index in [1.165, 1.54) is 4.90 Å². The number of ether oxygens (including phenoxy) is 2. The number of methoxy groups -OCH3 is 1. The van der Waals surface area contributed by atoms with Crippen molar-refractivity contribution >= 4 is 27.5 Å². The Hall–Kier alpha value is -4.05. The van der Waals surface area contributed by atoms with Crippen LogP contribution in [0.2, 0.25) is 0 Å². The lowest BCUT2D eigenvalue weighted by Crippen LogP contribution is -2.52. The van der Waals surface area contributed by atoms with Gasteiger partial charge in [-0.05, 0) is 74.9 Å². The first-order chi connectivity index (χ1) is 18.5. The first-order valence-corrected chi connectivity index (χ1v) is 14.4. The molecule has 208 valence electrons. The van der Waals surface area contributed by atoms with Gasteiger partial charge in [0.15, 0.2) is 0 Å². The van der Waals surface area contributed by atoms with E-state index < -0.39 is 28.5 Å². The Balaban J connectivity index is 1.86. The van der Waals surface area contributed by atoms with Crippen molar-refractivity contribution in [3.63, 3.8) is 0 Å². The van der Waals surface area contributed by atoms with E-state index >= 15 is 0 Å². The van der Waals surface area contributed by atoms with Crippen LogP contribution < -0.4 is 19.1 Å². The van der Waals surface area contributed by atoms with Gasteiger partial charge in [0.25, 0.3) is 0 Å². The van der Waals surface area contributed by atoms with Crippen molar-refractivity contribution in [1.29, 1.82) is 0 Å². The van der Waals surface area contributed by atoms with Gasteiger partial charge in [0.1, 0.15) is 29.8 Å². The highest BCUT2D eigenvalue weighted by Crippen LogP contribution is 2.26. The Bertz CT molecular complexity index is 1340. The number of amides is 2. The number of para-hydroxylation sites is 1. The summed E-state index contributed by atoms with van der Waals surface area (Å²) in [5.74, 6) is 0.964. The number of sulfonamides is 1. The molecule has 0 radical (unpaired) electrons. The lowest BCUT2D eigenvalue weighted by atomic mass is 10.1. The minimum Gasteiger partial charge on any atom is -0.497 e. The number of carbonyl (C=O) groups is 2. The van der Waals surface area contributed by atoms with E-state index in [-0.39, 0.29) is 18.5 Å². The second kappa shape index (κ2) is 13.1. The fraction of sp³-hybridized carbons (Fsp3) is 0.310. The topological polar surface area (TPSA) is 105 Å². The third-order valence-corrected chi connectivity index (χ3v) is 7.03. The number of rotatable bonds is 12. The Morgan fingerprint density at radius 3 is 1.95 bits per heavy atom. The number of hydrogen-bond acceptors (Lipinski definition) is 6. The molecular formula is C29H35N3O6S. The second-order valence-electron chi connectivity index (χ2n) is 9.39. The molecule has 0 saturated carbocycles. The maximum absolute atomic E-state index is 13.6. The predicted molar refractivity (Wildman–Crippen MR) is 151 cm³/mol. The van der Waals surface area contributed by atoms with Crippen molar-refractivity contribution in [2.24, 2.45) is 0 Å². The monoisotopic (exact) mass is 553 g/mol. The minimum atomic E-state index is -3.84. The first-order valence-electron chi connectivity index (χ1n) is 12.5. The van der Waals surface area contributed by atoms with Crippen LogP contribution in [0.4, 0.5) is 5.69 Å². The van der Waals surface area contributed by atoms with Crippen molar-refractivity contribution in [3.05, 3.63) is 84.4 Å². The van der Waals surface area contributed by atoms with Gasteiger partial charge in [-0.3, -0.25) is 13.9 Å². The summed E-state index contributed by atoms with van der Waals surface area (Å²) in [4.78, 5) is 27.9. The highest BCUT2D eigenvalue weighted by Gasteiger charge is 2.30. The van der Waals surface area contributed by atoms with Crippen LogP contribution in [0.1, 0.15) is 26.3 Å². The van der Waals surface area contributed by atoms with Crippen molar-refractivity contribution in [2.45, 2.75) is 39.4 Å². The Morgan fingerprint density at radius 2 is 1.41 bits per heavy atom. The zero-order chi connectivity index (χ0) is 28.6. The zero-order valence-corrected chi connectivity index (χ0v) is 23.6. The van der Waals surface area contributed by atoms with E-state index in [9.17, 15) is 18.0 Å². The number of nitrogens with zero attached hydrogens (tertiary/aromatic N) is 2. The normalized spacial score (nSPS) is 11.9. The first kappa shape index (κ1) is 29.5. The standard InChI is InChI=1S/C29H35N3O6S/c1-21(2)30-29(34)22(3)31(19-23-11-15-25(37-4)16-12-23)28(33)20-32(39(5,35)36)24-13-17-27(18-14-24)38-26-9-7-6-8-10-26/h6-18,21-22H,19-20H2,1-5H3,(H,30,34)/t22-/m1/s1. The number of hydrogen-bond donors (Lipinski definition) is 1. The predicted octanol–water partition coefficient (Wildman–Crippen LogP) is 4.20. The van der Waals surface area contributed by atoms with Crippen LogP contribution in [0.15, 0.2) is 78.9 Å². The summed E-state index contributed by atoms with van der Waals surface area (Å²) in [6, 6.07) is 21.8. The number of benzene rings is 3. The maximum Gasteiger partial charge on any atom is 0.244 e. The zero-order valence-electron chi connectivity index (χ0n) is 22.8. The molecule has 0 bridgehead atoms. The van der Waals surface area contributed by atoms with Crippen molar-refractivity contribution in [3.8, 4) is 17.2 Å². The molecule has 1 atom stereocenters. The van der Waals surface area contributed by atoms with Gasteiger partial charge in [-0.15, -0.1) is 0 Å². The molecule has 0 aromatic heterocycles. The van der Waals surface area contributed by atoms with E-state index in [4.69, 9.17) is 9.47 Å². The molecule has 1 N–H and O–H groups in total. The molecule has 0 spiro atoms. The molecule has 0 aliphatic rings. The molecule has 0 unspecified atom stereocenters. The lowest BCUT2D eigenvalue weighted by molar-refractivity contribution is -0.139. The van der Waals surface area contributed by atoms with Crippen LogP contribution in [0.5, 0.6) is 17.2 Å². The largest absolute Gasteiger partial charge is 0.497 e. The Labute approximate surface area is 230 Å². The molecule has 3 rings (SSSR count). The summed E-state index contributed by atoms with van der Waals surface area (Å²) < 4.78 is 37.6. The second-order valence-corrected chi connectivity index (χ2v) is 11.3. The molecule has 0 saturated heterocycles. The van der Waals surface area contributed by atoms with Crippen LogP contribution >= 0.6 is 0 Å². The summed E-state index contributed by atoms with van der Waals surface area (Å²) in [6.07, 6.45) is 1.04. The van der Waals surface area contributed by atoms with E-state index in [1.54, 1.807) is 62.6 Å². The molecule has 9 nitrogen and oxygen atoms in total. The van der Waals surface area contributed by atoms with E-state index in [2.05, 4.69) is 5.32 Å². The van der Waals surface area contributed by atoms with Gasteiger partial charge in [-0.1, -0.05) is 30.3 Å². The van der Waals surface area contributed by atoms with Gasteiger partial charge in [-0.2, -0.15) is 0 Å². The molecule has 2 amide bonds. The molecule has 0 heterocycles. The molecular weight excluding hydrogens is 518 g/mol. The van der Waals surface area contributed by atoms with Gasteiger partial charge < -0.3 is 19.7 Å². The summed E-state index contributed by atoms with van der Waals surface area (Å²) >= 11 is 0. The molecule has 0 aliphatic carbocycles. The molecule has 3 aromatic rings. The van der Waals surface area contributed by atoms with Crippen LogP contribution in [-0.2, 0) is 26.2 Å². The van der Waals surface area contributed by atoms with E-state index in [1.807, 2.05) is 44.2 Å². The van der Waals surface area contributed by atoms with Crippen molar-refractivity contribution in [2.75, 3.05) is 24.2 Å². The van der Waals surface area contributed by atoms with Gasteiger partial charge in [0.2, 0.25) is 21.8 Å². The smallest absolute Gasteiger partial charge is 0.244 e. The SMILES string of the molecule is COc1ccc(CN(C(=O)CN(c2ccc(Oc3ccccc3)cc2)S(C)(=O)=O)[C@H](C)C(=O)NC(C)C)cc1.